The van der Waals surface area contributed by atoms with Gasteiger partial charge in [-0.15, -0.1) is 0 Å². The first-order valence-corrected chi connectivity index (χ1v) is 9.16. The lowest BCUT2D eigenvalue weighted by molar-refractivity contribution is -0.121. The summed E-state index contributed by atoms with van der Waals surface area (Å²) in [6.45, 7) is 5.65. The summed E-state index contributed by atoms with van der Waals surface area (Å²) in [6.07, 6.45) is 5.30. The second-order valence-electron chi connectivity index (χ2n) is 6.80. The highest BCUT2D eigenvalue weighted by Crippen LogP contribution is 2.25. The molecule has 24 heavy (non-hydrogen) atoms. The number of hydrogen-bond donors (Lipinski definition) is 1. The molecule has 1 aliphatic heterocycles. The van der Waals surface area contributed by atoms with Crippen LogP contribution in [0.25, 0.3) is 0 Å². The molecule has 0 spiro atoms. The van der Waals surface area contributed by atoms with Gasteiger partial charge in [0.2, 0.25) is 5.91 Å². The third-order valence-electron chi connectivity index (χ3n) is 5.30. The maximum atomic E-state index is 13.8. The van der Waals surface area contributed by atoms with Crippen molar-refractivity contribution in [3.05, 3.63) is 29.0 Å². The maximum absolute atomic E-state index is 13.8. The number of halogens is 2. The number of hydrogen-bond acceptors (Lipinski definition) is 3. The van der Waals surface area contributed by atoms with E-state index in [0.717, 1.165) is 32.2 Å². The van der Waals surface area contributed by atoms with Crippen LogP contribution in [0.5, 0.6) is 0 Å². The number of amides is 1. The summed E-state index contributed by atoms with van der Waals surface area (Å²) in [7, 11) is 0. The quantitative estimate of drug-likeness (QED) is 0.901. The van der Waals surface area contributed by atoms with E-state index in [9.17, 15) is 9.18 Å². The molecule has 2 aliphatic rings. The first kappa shape index (κ1) is 17.6. The van der Waals surface area contributed by atoms with E-state index >= 15 is 0 Å². The van der Waals surface area contributed by atoms with Crippen LogP contribution in [0.1, 0.15) is 32.6 Å². The van der Waals surface area contributed by atoms with Gasteiger partial charge in [0.1, 0.15) is 5.82 Å². The molecule has 2 fully saturated rings. The molecular formula is C18H25ClFN3O. The fraction of sp³-hybridized carbons (Fsp3) is 0.611. The molecule has 1 amide bonds. The molecular weight excluding hydrogens is 329 g/mol. The van der Waals surface area contributed by atoms with Crippen molar-refractivity contribution in [2.75, 3.05) is 31.5 Å². The van der Waals surface area contributed by atoms with Crippen LogP contribution in [0.2, 0.25) is 5.02 Å². The van der Waals surface area contributed by atoms with E-state index in [1.807, 2.05) is 6.92 Å². The lowest BCUT2D eigenvalue weighted by Gasteiger charge is -2.40. The molecule has 132 valence electrons. The predicted molar refractivity (Wildman–Crippen MR) is 94.9 cm³/mol. The zero-order valence-corrected chi connectivity index (χ0v) is 14.9. The molecule has 1 N–H and O–H groups in total. The van der Waals surface area contributed by atoms with Crippen LogP contribution in [0.4, 0.5) is 10.1 Å². The van der Waals surface area contributed by atoms with Crippen molar-refractivity contribution in [2.24, 2.45) is 0 Å². The number of piperazine rings is 1. The number of carbonyl (C=O) groups excluding carboxylic acids is 1. The predicted octanol–water partition coefficient (Wildman–Crippen LogP) is 3.37. The standard InChI is InChI=1S/C18H25ClFN3O/c1-13(18(24)21-17-12-14(19)6-7-16(17)20)22-8-10-23(11-9-22)15-4-2-3-5-15/h6-7,12-13,15H,2-5,8-11H2,1H3,(H,21,24). The van der Waals surface area contributed by atoms with Crippen LogP contribution in [-0.2, 0) is 4.79 Å². The van der Waals surface area contributed by atoms with E-state index in [0.29, 0.717) is 5.02 Å². The van der Waals surface area contributed by atoms with E-state index in [4.69, 9.17) is 11.6 Å². The van der Waals surface area contributed by atoms with E-state index in [2.05, 4.69) is 15.1 Å². The molecule has 1 atom stereocenters. The summed E-state index contributed by atoms with van der Waals surface area (Å²) in [4.78, 5) is 17.2. The number of rotatable bonds is 4. The molecule has 0 radical (unpaired) electrons. The lowest BCUT2D eigenvalue weighted by atomic mass is 10.1. The molecule has 1 unspecified atom stereocenters. The van der Waals surface area contributed by atoms with Crippen LogP contribution in [0, 0.1) is 5.82 Å². The van der Waals surface area contributed by atoms with Gasteiger partial charge in [-0.3, -0.25) is 14.6 Å². The van der Waals surface area contributed by atoms with Gasteiger partial charge in [0, 0.05) is 37.2 Å². The number of nitrogens with one attached hydrogen (secondary N) is 1. The zero-order chi connectivity index (χ0) is 17.1. The molecule has 6 heteroatoms. The Morgan fingerprint density at radius 3 is 2.58 bits per heavy atom. The second-order valence-corrected chi connectivity index (χ2v) is 7.24. The fourth-order valence-corrected chi connectivity index (χ4v) is 3.93. The molecule has 4 nitrogen and oxygen atoms in total. The first-order valence-electron chi connectivity index (χ1n) is 8.78. The van der Waals surface area contributed by atoms with Crippen molar-refractivity contribution in [1.82, 2.24) is 9.80 Å². The Bertz CT molecular complexity index is 584. The van der Waals surface area contributed by atoms with Crippen molar-refractivity contribution in [2.45, 2.75) is 44.7 Å². The van der Waals surface area contributed by atoms with Crippen molar-refractivity contribution in [3.8, 4) is 0 Å². The molecule has 3 rings (SSSR count). The minimum atomic E-state index is -0.467. The fourth-order valence-electron chi connectivity index (χ4n) is 3.76. The topological polar surface area (TPSA) is 35.6 Å². The van der Waals surface area contributed by atoms with Gasteiger partial charge in [-0.25, -0.2) is 4.39 Å². The van der Waals surface area contributed by atoms with Gasteiger partial charge in [0.05, 0.1) is 11.7 Å². The van der Waals surface area contributed by atoms with Gasteiger partial charge in [0.15, 0.2) is 0 Å². The number of benzene rings is 1. The average molecular weight is 354 g/mol. The van der Waals surface area contributed by atoms with Crippen molar-refractivity contribution in [3.63, 3.8) is 0 Å². The third-order valence-corrected chi connectivity index (χ3v) is 5.54. The SMILES string of the molecule is CC(C(=O)Nc1cc(Cl)ccc1F)N1CCN(C2CCCC2)CC1. The van der Waals surface area contributed by atoms with Gasteiger partial charge >= 0.3 is 0 Å². The molecule has 1 heterocycles. The van der Waals surface area contributed by atoms with Crippen molar-refractivity contribution < 1.29 is 9.18 Å². The Hall–Kier alpha value is -1.17. The normalized spacial score (nSPS) is 21.8. The number of nitrogens with zero attached hydrogens (tertiary/aromatic N) is 2. The molecule has 1 aliphatic carbocycles. The summed E-state index contributed by atoms with van der Waals surface area (Å²) in [5, 5.41) is 3.07. The van der Waals surface area contributed by atoms with Crippen LogP contribution in [0.15, 0.2) is 18.2 Å². The molecule has 1 saturated carbocycles. The highest BCUT2D eigenvalue weighted by molar-refractivity contribution is 6.30. The molecule has 0 aromatic heterocycles. The van der Waals surface area contributed by atoms with Crippen molar-refractivity contribution >= 4 is 23.2 Å². The summed E-state index contributed by atoms with van der Waals surface area (Å²) >= 11 is 5.87. The molecule has 1 aromatic rings. The van der Waals surface area contributed by atoms with Gasteiger partial charge in [-0.2, -0.15) is 0 Å². The zero-order valence-electron chi connectivity index (χ0n) is 14.1. The Morgan fingerprint density at radius 1 is 1.25 bits per heavy atom. The second kappa shape index (κ2) is 7.81. The number of carbonyl (C=O) groups is 1. The first-order chi connectivity index (χ1) is 11.5. The summed E-state index contributed by atoms with van der Waals surface area (Å²) < 4.78 is 13.8. The van der Waals surface area contributed by atoms with Gasteiger partial charge in [-0.05, 0) is 38.0 Å². The Morgan fingerprint density at radius 2 is 1.92 bits per heavy atom. The minimum Gasteiger partial charge on any atom is -0.322 e. The van der Waals surface area contributed by atoms with Crippen molar-refractivity contribution in [1.29, 1.82) is 0 Å². The summed E-state index contributed by atoms with van der Waals surface area (Å²) in [6, 6.07) is 4.63. The van der Waals surface area contributed by atoms with Gasteiger partial charge < -0.3 is 5.32 Å². The van der Waals surface area contributed by atoms with E-state index < -0.39 is 5.82 Å². The smallest absolute Gasteiger partial charge is 0.241 e. The van der Waals surface area contributed by atoms with Gasteiger partial charge in [-0.1, -0.05) is 24.4 Å². The molecule has 1 aromatic carbocycles. The summed E-state index contributed by atoms with van der Waals surface area (Å²) in [5.74, 6) is -0.656. The largest absolute Gasteiger partial charge is 0.322 e. The van der Waals surface area contributed by atoms with Crippen LogP contribution < -0.4 is 5.32 Å². The van der Waals surface area contributed by atoms with Gasteiger partial charge in [0.25, 0.3) is 0 Å². The average Bonchev–Trinajstić information content (AvgIpc) is 3.12. The van der Waals surface area contributed by atoms with Crippen LogP contribution in [0.3, 0.4) is 0 Å². The van der Waals surface area contributed by atoms with E-state index in [1.54, 1.807) is 0 Å². The minimum absolute atomic E-state index is 0.143. The summed E-state index contributed by atoms with van der Waals surface area (Å²) in [5.41, 5.74) is 0.143. The maximum Gasteiger partial charge on any atom is 0.241 e. The Kier molecular flexibility index (Phi) is 5.74. The molecule has 0 bridgehead atoms. The Balaban J connectivity index is 1.53. The molecule has 1 saturated heterocycles. The third kappa shape index (κ3) is 4.08. The highest BCUT2D eigenvalue weighted by atomic mass is 35.5. The van der Waals surface area contributed by atoms with Crippen LogP contribution in [-0.4, -0.2) is 54.0 Å². The Labute approximate surface area is 147 Å². The highest BCUT2D eigenvalue weighted by Gasteiger charge is 2.30. The van der Waals surface area contributed by atoms with E-state index in [-0.39, 0.29) is 17.6 Å². The van der Waals surface area contributed by atoms with Crippen LogP contribution >= 0.6 is 11.6 Å². The lowest BCUT2D eigenvalue weighted by Crippen LogP contribution is -2.54. The number of anilines is 1. The monoisotopic (exact) mass is 353 g/mol. The van der Waals surface area contributed by atoms with E-state index in [1.165, 1.54) is 43.9 Å².